The highest BCUT2D eigenvalue weighted by Gasteiger charge is 2.17. The fraction of sp³-hybridized carbons (Fsp3) is 0.160. The summed E-state index contributed by atoms with van der Waals surface area (Å²) in [6.07, 6.45) is 4.94. The highest BCUT2D eigenvalue weighted by molar-refractivity contribution is 7.99. The number of pyridine rings is 1. The third-order valence-electron chi connectivity index (χ3n) is 5.03. The van der Waals surface area contributed by atoms with Crippen LogP contribution in [0.3, 0.4) is 0 Å². The number of nitrogens with one attached hydrogen (secondary N) is 1. The maximum atomic E-state index is 12.5. The van der Waals surface area contributed by atoms with Gasteiger partial charge in [-0.05, 0) is 43.3 Å². The highest BCUT2D eigenvalue weighted by Crippen LogP contribution is 2.28. The molecule has 0 aliphatic rings. The molecule has 0 saturated heterocycles. The van der Waals surface area contributed by atoms with Crippen LogP contribution in [0.25, 0.3) is 17.1 Å². The van der Waals surface area contributed by atoms with Gasteiger partial charge in [-0.2, -0.15) is 5.10 Å². The van der Waals surface area contributed by atoms with Crippen LogP contribution in [0.15, 0.2) is 77.2 Å². The Bertz CT molecular complexity index is 1320. The van der Waals surface area contributed by atoms with Crippen molar-refractivity contribution in [3.05, 3.63) is 78.1 Å². The second kappa shape index (κ2) is 11.3. The summed E-state index contributed by atoms with van der Waals surface area (Å²) in [6, 6.07) is 17.1. The van der Waals surface area contributed by atoms with Gasteiger partial charge in [-0.25, -0.2) is 5.43 Å². The summed E-state index contributed by atoms with van der Waals surface area (Å²) in [5.41, 5.74) is 6.18. The molecule has 2 heterocycles. The normalized spacial score (nSPS) is 10.9. The number of nitrogens with zero attached hydrogens (tertiary/aromatic N) is 5. The van der Waals surface area contributed by atoms with Crippen LogP contribution in [-0.2, 0) is 4.79 Å². The molecule has 0 radical (unpaired) electrons. The minimum atomic E-state index is -0.275. The maximum Gasteiger partial charge on any atom is 0.250 e. The second-order valence-electron chi connectivity index (χ2n) is 7.40. The van der Waals surface area contributed by atoms with Gasteiger partial charge in [0.25, 0.3) is 5.91 Å². The predicted molar refractivity (Wildman–Crippen MR) is 135 cm³/mol. The first-order valence-electron chi connectivity index (χ1n) is 10.7. The molecule has 4 rings (SSSR count). The zero-order chi connectivity index (χ0) is 24.6. The molecule has 35 heavy (non-hydrogen) atoms. The molecule has 2 aromatic heterocycles. The van der Waals surface area contributed by atoms with Crippen LogP contribution < -0.4 is 14.9 Å². The van der Waals surface area contributed by atoms with Crippen LogP contribution in [0.5, 0.6) is 11.5 Å². The van der Waals surface area contributed by atoms with Gasteiger partial charge in [0.1, 0.15) is 11.5 Å². The standard InChI is InChI=1S/C25H24N6O3S/c1-17-4-7-20(8-5-17)31-24(18-10-12-26-13-11-18)29-30-25(31)35-16-23(32)28-27-15-19-6-9-21(33-2)14-22(19)34-3/h4-15H,16H2,1-3H3,(H,28,32)/b27-15+. The number of hydrogen-bond donors (Lipinski definition) is 1. The van der Waals surface area contributed by atoms with E-state index in [0.29, 0.717) is 28.0 Å². The van der Waals surface area contributed by atoms with E-state index in [-0.39, 0.29) is 11.7 Å². The molecule has 0 aliphatic heterocycles. The molecule has 9 nitrogen and oxygen atoms in total. The van der Waals surface area contributed by atoms with E-state index in [4.69, 9.17) is 9.47 Å². The molecule has 0 spiro atoms. The van der Waals surface area contributed by atoms with Crippen molar-refractivity contribution < 1.29 is 14.3 Å². The molecule has 0 atom stereocenters. The average molecular weight is 489 g/mol. The number of methoxy groups -OCH3 is 2. The van der Waals surface area contributed by atoms with Gasteiger partial charge in [-0.1, -0.05) is 29.5 Å². The lowest BCUT2D eigenvalue weighted by Gasteiger charge is -2.10. The first-order chi connectivity index (χ1) is 17.1. The van der Waals surface area contributed by atoms with E-state index in [1.165, 1.54) is 18.0 Å². The molecule has 1 N–H and O–H groups in total. The van der Waals surface area contributed by atoms with Crippen LogP contribution in [-0.4, -0.2) is 51.8 Å². The molecule has 10 heteroatoms. The van der Waals surface area contributed by atoms with Crippen molar-refractivity contribution in [1.29, 1.82) is 0 Å². The number of thioether (sulfide) groups is 1. The van der Waals surface area contributed by atoms with Gasteiger partial charge in [0, 0.05) is 35.3 Å². The van der Waals surface area contributed by atoms with E-state index in [9.17, 15) is 4.79 Å². The fourth-order valence-electron chi connectivity index (χ4n) is 3.24. The molecule has 0 aliphatic carbocycles. The lowest BCUT2D eigenvalue weighted by atomic mass is 10.2. The topological polar surface area (TPSA) is 104 Å². The SMILES string of the molecule is COc1ccc(/C=N/NC(=O)CSc2nnc(-c3ccncc3)n2-c2ccc(C)cc2)c(OC)c1. The lowest BCUT2D eigenvalue weighted by molar-refractivity contribution is -0.118. The van der Waals surface area contributed by atoms with Crippen LogP contribution in [0.2, 0.25) is 0 Å². The van der Waals surface area contributed by atoms with Crippen LogP contribution in [0, 0.1) is 6.92 Å². The Balaban J connectivity index is 1.48. The molecular formula is C25H24N6O3S. The van der Waals surface area contributed by atoms with Crippen LogP contribution in [0.1, 0.15) is 11.1 Å². The molecular weight excluding hydrogens is 464 g/mol. The highest BCUT2D eigenvalue weighted by atomic mass is 32.2. The number of ether oxygens (including phenoxy) is 2. The van der Waals surface area contributed by atoms with Gasteiger partial charge in [-0.15, -0.1) is 10.2 Å². The molecule has 0 fully saturated rings. The summed E-state index contributed by atoms with van der Waals surface area (Å²) in [7, 11) is 3.14. The van der Waals surface area contributed by atoms with Crippen LogP contribution in [0.4, 0.5) is 0 Å². The first kappa shape index (κ1) is 24.0. The predicted octanol–water partition coefficient (Wildman–Crippen LogP) is 3.90. The van der Waals surface area contributed by atoms with Crippen molar-refractivity contribution >= 4 is 23.9 Å². The van der Waals surface area contributed by atoms with Crippen molar-refractivity contribution in [2.45, 2.75) is 12.1 Å². The summed E-state index contributed by atoms with van der Waals surface area (Å²) in [4.78, 5) is 16.5. The number of aromatic nitrogens is 4. The molecule has 1 amide bonds. The minimum absolute atomic E-state index is 0.109. The smallest absolute Gasteiger partial charge is 0.250 e. The van der Waals surface area contributed by atoms with Crippen molar-refractivity contribution in [3.63, 3.8) is 0 Å². The van der Waals surface area contributed by atoms with E-state index in [1.807, 2.05) is 47.9 Å². The largest absolute Gasteiger partial charge is 0.497 e. The molecule has 2 aromatic carbocycles. The monoisotopic (exact) mass is 488 g/mol. The molecule has 0 unspecified atom stereocenters. The molecule has 0 bridgehead atoms. The number of hydrogen-bond acceptors (Lipinski definition) is 8. The quantitative estimate of drug-likeness (QED) is 0.216. The zero-order valence-electron chi connectivity index (χ0n) is 19.5. The molecule has 4 aromatic rings. The average Bonchev–Trinajstić information content (AvgIpc) is 3.32. The Morgan fingerprint density at radius 3 is 2.54 bits per heavy atom. The fourth-order valence-corrected chi connectivity index (χ4v) is 3.98. The number of aryl methyl sites for hydroxylation is 1. The van der Waals surface area contributed by atoms with Gasteiger partial charge < -0.3 is 9.47 Å². The Morgan fingerprint density at radius 1 is 1.06 bits per heavy atom. The van der Waals surface area contributed by atoms with Gasteiger partial charge in [0.05, 0.1) is 26.2 Å². The van der Waals surface area contributed by atoms with Gasteiger partial charge in [-0.3, -0.25) is 14.3 Å². The maximum absolute atomic E-state index is 12.5. The van der Waals surface area contributed by atoms with E-state index < -0.39 is 0 Å². The van der Waals surface area contributed by atoms with E-state index in [2.05, 4.69) is 25.7 Å². The Labute approximate surface area is 207 Å². The first-order valence-corrected chi connectivity index (χ1v) is 11.7. The molecule has 0 saturated carbocycles. The third-order valence-corrected chi connectivity index (χ3v) is 5.96. The van der Waals surface area contributed by atoms with E-state index in [1.54, 1.807) is 44.8 Å². The number of hydrazone groups is 1. The second-order valence-corrected chi connectivity index (χ2v) is 8.35. The van der Waals surface area contributed by atoms with E-state index >= 15 is 0 Å². The summed E-state index contributed by atoms with van der Waals surface area (Å²) < 4.78 is 12.5. The Hall–Kier alpha value is -4.18. The van der Waals surface area contributed by atoms with Gasteiger partial charge >= 0.3 is 0 Å². The Kier molecular flexibility index (Phi) is 7.74. The number of carbonyl (C=O) groups excluding carboxylic acids is 1. The Morgan fingerprint density at radius 2 is 1.83 bits per heavy atom. The third kappa shape index (κ3) is 5.85. The van der Waals surface area contributed by atoms with Crippen molar-refractivity contribution in [2.75, 3.05) is 20.0 Å². The van der Waals surface area contributed by atoms with Crippen molar-refractivity contribution in [1.82, 2.24) is 25.2 Å². The lowest BCUT2D eigenvalue weighted by Crippen LogP contribution is -2.20. The summed E-state index contributed by atoms with van der Waals surface area (Å²) in [5, 5.41) is 13.4. The van der Waals surface area contributed by atoms with Crippen molar-refractivity contribution in [3.8, 4) is 28.6 Å². The van der Waals surface area contributed by atoms with Crippen molar-refractivity contribution in [2.24, 2.45) is 5.10 Å². The van der Waals surface area contributed by atoms with Gasteiger partial charge in [0.2, 0.25) is 0 Å². The van der Waals surface area contributed by atoms with Crippen LogP contribution >= 0.6 is 11.8 Å². The summed E-state index contributed by atoms with van der Waals surface area (Å²) in [6.45, 7) is 2.03. The number of carbonyl (C=O) groups is 1. The zero-order valence-corrected chi connectivity index (χ0v) is 20.3. The molecule has 178 valence electrons. The van der Waals surface area contributed by atoms with E-state index in [0.717, 1.165) is 16.8 Å². The number of amides is 1. The summed E-state index contributed by atoms with van der Waals surface area (Å²) >= 11 is 1.28. The van der Waals surface area contributed by atoms with Gasteiger partial charge in [0.15, 0.2) is 11.0 Å². The minimum Gasteiger partial charge on any atom is -0.497 e. The number of rotatable bonds is 9. The summed E-state index contributed by atoms with van der Waals surface area (Å²) in [5.74, 6) is 1.76. The number of benzene rings is 2.